The SMILES string of the molecule is O=C(O)CC[C@H]1CCCCN1C(=O)C[C@H]1CCOc2ccccc21. The number of aliphatic carboxylic acids is 1. The van der Waals surface area contributed by atoms with Crippen LogP contribution in [0.1, 0.15) is 56.4 Å². The molecule has 0 bridgehead atoms. The Morgan fingerprint density at radius 2 is 2.04 bits per heavy atom. The molecule has 0 unspecified atom stereocenters. The van der Waals surface area contributed by atoms with E-state index in [9.17, 15) is 9.59 Å². The van der Waals surface area contributed by atoms with Gasteiger partial charge in [0.05, 0.1) is 6.61 Å². The van der Waals surface area contributed by atoms with Gasteiger partial charge in [0, 0.05) is 25.4 Å². The highest BCUT2D eigenvalue weighted by molar-refractivity contribution is 5.78. The number of likely N-dealkylation sites (tertiary alicyclic amines) is 1. The van der Waals surface area contributed by atoms with Crippen LogP contribution in [0.5, 0.6) is 5.75 Å². The molecule has 5 nitrogen and oxygen atoms in total. The highest BCUT2D eigenvalue weighted by Crippen LogP contribution is 2.36. The predicted molar refractivity (Wildman–Crippen MR) is 90.1 cm³/mol. The number of piperidine rings is 1. The second-order valence-electron chi connectivity index (χ2n) is 6.75. The van der Waals surface area contributed by atoms with E-state index in [1.807, 2.05) is 29.2 Å². The number of hydrogen-bond donors (Lipinski definition) is 1. The van der Waals surface area contributed by atoms with E-state index in [2.05, 4.69) is 0 Å². The minimum Gasteiger partial charge on any atom is -0.493 e. The molecule has 0 radical (unpaired) electrons. The fraction of sp³-hybridized carbons (Fsp3) is 0.579. The van der Waals surface area contributed by atoms with Gasteiger partial charge in [0.15, 0.2) is 0 Å². The van der Waals surface area contributed by atoms with Crippen LogP contribution in [0.2, 0.25) is 0 Å². The zero-order valence-electron chi connectivity index (χ0n) is 13.9. The van der Waals surface area contributed by atoms with Crippen LogP contribution in [-0.4, -0.2) is 41.1 Å². The largest absolute Gasteiger partial charge is 0.493 e. The molecule has 2 aliphatic rings. The third-order valence-corrected chi connectivity index (χ3v) is 5.14. The molecule has 1 aromatic carbocycles. The number of rotatable bonds is 5. The van der Waals surface area contributed by atoms with E-state index in [4.69, 9.17) is 9.84 Å². The number of fused-ring (bicyclic) bond motifs is 1. The van der Waals surface area contributed by atoms with Crippen LogP contribution in [0.4, 0.5) is 0 Å². The molecular weight excluding hydrogens is 306 g/mol. The van der Waals surface area contributed by atoms with Crippen molar-refractivity contribution in [3.63, 3.8) is 0 Å². The number of hydrogen-bond acceptors (Lipinski definition) is 3. The summed E-state index contributed by atoms with van der Waals surface area (Å²) in [5.74, 6) is 0.463. The standard InChI is InChI=1S/C19H25NO4/c21-18(20-11-4-3-5-15(20)8-9-19(22)23)13-14-10-12-24-17-7-2-1-6-16(14)17/h1-2,6-7,14-15H,3-5,8-13H2,(H,22,23)/t14-,15-/m1/s1. The first-order chi connectivity index (χ1) is 11.6. The van der Waals surface area contributed by atoms with E-state index in [1.165, 1.54) is 0 Å². The molecule has 0 saturated carbocycles. The van der Waals surface area contributed by atoms with Crippen LogP contribution in [-0.2, 0) is 9.59 Å². The Kier molecular flexibility index (Phi) is 5.38. The van der Waals surface area contributed by atoms with Gasteiger partial charge in [-0.2, -0.15) is 0 Å². The van der Waals surface area contributed by atoms with Crippen molar-refractivity contribution < 1.29 is 19.4 Å². The zero-order chi connectivity index (χ0) is 16.9. The first kappa shape index (κ1) is 16.8. The molecule has 0 aliphatic carbocycles. The Labute approximate surface area is 142 Å². The van der Waals surface area contributed by atoms with Gasteiger partial charge in [-0.3, -0.25) is 9.59 Å². The molecule has 1 amide bonds. The monoisotopic (exact) mass is 331 g/mol. The number of benzene rings is 1. The molecule has 2 heterocycles. The molecule has 2 aliphatic heterocycles. The highest BCUT2D eigenvalue weighted by Gasteiger charge is 2.30. The van der Waals surface area contributed by atoms with E-state index in [0.29, 0.717) is 19.4 Å². The molecule has 1 saturated heterocycles. The topological polar surface area (TPSA) is 66.8 Å². The van der Waals surface area contributed by atoms with Crippen molar-refractivity contribution in [1.82, 2.24) is 4.90 Å². The van der Waals surface area contributed by atoms with Gasteiger partial charge in [-0.25, -0.2) is 0 Å². The summed E-state index contributed by atoms with van der Waals surface area (Å²) < 4.78 is 5.68. The zero-order valence-corrected chi connectivity index (χ0v) is 13.9. The maximum Gasteiger partial charge on any atom is 0.303 e. The molecule has 1 fully saturated rings. The Bertz CT molecular complexity index is 601. The van der Waals surface area contributed by atoms with Crippen LogP contribution in [0.25, 0.3) is 0 Å². The maximum absolute atomic E-state index is 12.9. The number of ether oxygens (including phenoxy) is 1. The van der Waals surface area contributed by atoms with Gasteiger partial charge >= 0.3 is 5.97 Å². The summed E-state index contributed by atoms with van der Waals surface area (Å²) in [6.45, 7) is 1.41. The van der Waals surface area contributed by atoms with E-state index in [-0.39, 0.29) is 24.3 Å². The van der Waals surface area contributed by atoms with Gasteiger partial charge < -0.3 is 14.7 Å². The third-order valence-electron chi connectivity index (χ3n) is 5.14. The normalized spacial score (nSPS) is 23.2. The van der Waals surface area contributed by atoms with Gasteiger partial charge in [0.2, 0.25) is 5.91 Å². The van der Waals surface area contributed by atoms with E-state index < -0.39 is 5.97 Å². The molecule has 0 spiro atoms. The van der Waals surface area contributed by atoms with Crippen molar-refractivity contribution >= 4 is 11.9 Å². The lowest BCUT2D eigenvalue weighted by atomic mass is 9.89. The lowest BCUT2D eigenvalue weighted by molar-refractivity contribution is -0.140. The van der Waals surface area contributed by atoms with E-state index in [0.717, 1.165) is 43.5 Å². The summed E-state index contributed by atoms with van der Waals surface area (Å²) >= 11 is 0. The minimum absolute atomic E-state index is 0.0810. The number of amides is 1. The molecule has 1 N–H and O–H groups in total. The molecule has 24 heavy (non-hydrogen) atoms. The number of carboxylic acid groups (broad SMARTS) is 1. The minimum atomic E-state index is -0.786. The number of carbonyl (C=O) groups is 2. The Morgan fingerprint density at radius 3 is 2.88 bits per heavy atom. The van der Waals surface area contributed by atoms with Crippen LogP contribution in [0.3, 0.4) is 0 Å². The number of carbonyl (C=O) groups excluding carboxylic acids is 1. The fourth-order valence-corrected chi connectivity index (χ4v) is 3.88. The van der Waals surface area contributed by atoms with Crippen molar-refractivity contribution in [3.05, 3.63) is 29.8 Å². The Hall–Kier alpha value is -2.04. The molecule has 0 aromatic heterocycles. The van der Waals surface area contributed by atoms with Gasteiger partial charge in [0.25, 0.3) is 0 Å². The van der Waals surface area contributed by atoms with Crippen molar-refractivity contribution in [2.24, 2.45) is 0 Å². The number of para-hydroxylation sites is 1. The van der Waals surface area contributed by atoms with Crippen LogP contribution in [0, 0.1) is 0 Å². The third kappa shape index (κ3) is 3.89. The predicted octanol–water partition coefficient (Wildman–Crippen LogP) is 3.19. The van der Waals surface area contributed by atoms with Gasteiger partial charge in [0.1, 0.15) is 5.75 Å². The summed E-state index contributed by atoms with van der Waals surface area (Å²) in [7, 11) is 0. The van der Waals surface area contributed by atoms with Crippen molar-refractivity contribution in [2.45, 2.75) is 56.9 Å². The van der Waals surface area contributed by atoms with E-state index >= 15 is 0 Å². The van der Waals surface area contributed by atoms with Crippen LogP contribution >= 0.6 is 0 Å². The van der Waals surface area contributed by atoms with Crippen molar-refractivity contribution in [3.8, 4) is 5.75 Å². The lowest BCUT2D eigenvalue weighted by Crippen LogP contribution is -2.44. The quantitative estimate of drug-likeness (QED) is 0.900. The van der Waals surface area contributed by atoms with E-state index in [1.54, 1.807) is 0 Å². The van der Waals surface area contributed by atoms with Crippen molar-refractivity contribution in [2.75, 3.05) is 13.2 Å². The number of nitrogens with zero attached hydrogens (tertiary/aromatic N) is 1. The van der Waals surface area contributed by atoms with Crippen molar-refractivity contribution in [1.29, 1.82) is 0 Å². The summed E-state index contributed by atoms with van der Waals surface area (Å²) in [5.41, 5.74) is 1.12. The molecule has 130 valence electrons. The second-order valence-corrected chi connectivity index (χ2v) is 6.75. The average Bonchev–Trinajstić information content (AvgIpc) is 2.60. The van der Waals surface area contributed by atoms with Gasteiger partial charge in [-0.05, 0) is 49.7 Å². The number of carboxylic acids is 1. The Morgan fingerprint density at radius 1 is 1.21 bits per heavy atom. The summed E-state index contributed by atoms with van der Waals surface area (Å²) in [4.78, 5) is 25.7. The smallest absolute Gasteiger partial charge is 0.303 e. The first-order valence-electron chi connectivity index (χ1n) is 8.88. The Balaban J connectivity index is 1.66. The molecule has 3 rings (SSSR count). The molecule has 5 heteroatoms. The highest BCUT2D eigenvalue weighted by atomic mass is 16.5. The molecule has 2 atom stereocenters. The van der Waals surface area contributed by atoms with Crippen LogP contribution < -0.4 is 4.74 Å². The second kappa shape index (κ2) is 7.69. The first-order valence-corrected chi connectivity index (χ1v) is 8.88. The van der Waals surface area contributed by atoms with Gasteiger partial charge in [-0.1, -0.05) is 18.2 Å². The van der Waals surface area contributed by atoms with Crippen LogP contribution in [0.15, 0.2) is 24.3 Å². The van der Waals surface area contributed by atoms with Gasteiger partial charge in [-0.15, -0.1) is 0 Å². The lowest BCUT2D eigenvalue weighted by Gasteiger charge is -2.37. The summed E-state index contributed by atoms with van der Waals surface area (Å²) in [5, 5.41) is 8.92. The molecular formula is C19H25NO4. The molecule has 1 aromatic rings. The maximum atomic E-state index is 12.9. The fourth-order valence-electron chi connectivity index (χ4n) is 3.88. The summed E-state index contributed by atoms with van der Waals surface area (Å²) in [6, 6.07) is 8.03. The summed E-state index contributed by atoms with van der Waals surface area (Å²) in [6.07, 6.45) is 5.05. The average molecular weight is 331 g/mol.